The van der Waals surface area contributed by atoms with E-state index in [-0.39, 0.29) is 0 Å². The third kappa shape index (κ3) is 1.14. The largest absolute Gasteiger partial charge is 0.367 e. The first kappa shape index (κ1) is 8.29. The molecule has 0 aromatic carbocycles. The topological polar surface area (TPSA) is 29.3 Å². The van der Waals surface area contributed by atoms with Crippen molar-refractivity contribution in [2.75, 3.05) is 5.32 Å². The van der Waals surface area contributed by atoms with Crippen LogP contribution in [0.15, 0.2) is 5.38 Å². The van der Waals surface area contributed by atoms with Crippen molar-refractivity contribution in [3.05, 3.63) is 16.8 Å². The number of imidazole rings is 1. The first-order valence-corrected chi connectivity index (χ1v) is 5.83. The quantitative estimate of drug-likeness (QED) is 0.820. The molecule has 0 amide bonds. The van der Waals surface area contributed by atoms with E-state index in [1.54, 1.807) is 11.3 Å². The van der Waals surface area contributed by atoms with Gasteiger partial charge in [-0.2, -0.15) is 0 Å². The van der Waals surface area contributed by atoms with Crippen molar-refractivity contribution in [2.45, 2.75) is 32.7 Å². The number of rotatable bonds is 2. The van der Waals surface area contributed by atoms with Gasteiger partial charge in [0.2, 0.25) is 0 Å². The maximum Gasteiger partial charge on any atom is 0.195 e. The third-order valence-corrected chi connectivity index (χ3v) is 3.57. The molecule has 0 saturated heterocycles. The number of hydrogen-bond donors (Lipinski definition) is 1. The molecule has 14 heavy (non-hydrogen) atoms. The van der Waals surface area contributed by atoms with Crippen LogP contribution in [-0.2, 0) is 0 Å². The molecule has 1 fully saturated rings. The monoisotopic (exact) mass is 207 g/mol. The number of nitrogens with one attached hydrogen (secondary N) is 1. The predicted octanol–water partition coefficient (Wildman–Crippen LogP) is 2.59. The van der Waals surface area contributed by atoms with Crippen LogP contribution in [0.5, 0.6) is 0 Å². The molecule has 1 aliphatic rings. The summed E-state index contributed by atoms with van der Waals surface area (Å²) in [5.41, 5.74) is 2.39. The van der Waals surface area contributed by atoms with E-state index in [4.69, 9.17) is 0 Å². The minimum Gasteiger partial charge on any atom is -0.367 e. The van der Waals surface area contributed by atoms with Crippen LogP contribution in [0.3, 0.4) is 0 Å². The smallest absolute Gasteiger partial charge is 0.195 e. The van der Waals surface area contributed by atoms with Gasteiger partial charge in [0.05, 0.1) is 5.69 Å². The van der Waals surface area contributed by atoms with Crippen LogP contribution in [0.25, 0.3) is 4.96 Å². The standard InChI is InChI=1S/C10H13N3S/c1-6-5-14-10-11-7(2)9(13(6)10)12-8-3-4-8/h5,8,12H,3-4H2,1-2H3. The average molecular weight is 207 g/mol. The van der Waals surface area contributed by atoms with Crippen molar-refractivity contribution in [3.8, 4) is 0 Å². The van der Waals surface area contributed by atoms with E-state index in [2.05, 4.69) is 33.9 Å². The van der Waals surface area contributed by atoms with Gasteiger partial charge < -0.3 is 5.32 Å². The van der Waals surface area contributed by atoms with Crippen LogP contribution in [0, 0.1) is 13.8 Å². The highest BCUT2D eigenvalue weighted by atomic mass is 32.1. The number of hydrogen-bond acceptors (Lipinski definition) is 3. The molecule has 3 rings (SSSR count). The lowest BCUT2D eigenvalue weighted by atomic mass is 10.4. The van der Waals surface area contributed by atoms with Crippen LogP contribution in [0.1, 0.15) is 24.2 Å². The third-order valence-electron chi connectivity index (χ3n) is 2.63. The summed E-state index contributed by atoms with van der Waals surface area (Å²) >= 11 is 1.71. The molecule has 0 atom stereocenters. The lowest BCUT2D eigenvalue weighted by Crippen LogP contribution is -2.05. The van der Waals surface area contributed by atoms with E-state index in [1.807, 2.05) is 0 Å². The molecule has 1 saturated carbocycles. The fraction of sp³-hybridized carbons (Fsp3) is 0.500. The molecular weight excluding hydrogens is 194 g/mol. The molecule has 4 heteroatoms. The Kier molecular flexibility index (Phi) is 1.62. The lowest BCUT2D eigenvalue weighted by Gasteiger charge is -2.04. The number of thiazole rings is 1. The van der Waals surface area contributed by atoms with Crippen molar-refractivity contribution in [1.29, 1.82) is 0 Å². The minimum absolute atomic E-state index is 0.688. The normalized spacial score (nSPS) is 16.4. The highest BCUT2D eigenvalue weighted by Gasteiger charge is 2.24. The van der Waals surface area contributed by atoms with Crippen molar-refractivity contribution >= 4 is 22.1 Å². The average Bonchev–Trinajstić information content (AvgIpc) is 2.82. The zero-order chi connectivity index (χ0) is 9.71. The van der Waals surface area contributed by atoms with E-state index in [1.165, 1.54) is 24.4 Å². The van der Waals surface area contributed by atoms with Crippen molar-refractivity contribution < 1.29 is 0 Å². The fourth-order valence-electron chi connectivity index (χ4n) is 1.69. The van der Waals surface area contributed by atoms with Gasteiger partial charge in [-0.3, -0.25) is 4.40 Å². The van der Waals surface area contributed by atoms with Gasteiger partial charge in [0.25, 0.3) is 0 Å². The van der Waals surface area contributed by atoms with E-state index in [0.29, 0.717) is 6.04 Å². The maximum absolute atomic E-state index is 4.53. The molecule has 2 aromatic heterocycles. The van der Waals surface area contributed by atoms with Crippen molar-refractivity contribution in [2.24, 2.45) is 0 Å². The van der Waals surface area contributed by atoms with Crippen LogP contribution in [-0.4, -0.2) is 15.4 Å². The van der Waals surface area contributed by atoms with E-state index < -0.39 is 0 Å². The summed E-state index contributed by atoms with van der Waals surface area (Å²) in [5, 5.41) is 5.69. The lowest BCUT2D eigenvalue weighted by molar-refractivity contribution is 1.05. The molecule has 74 valence electrons. The van der Waals surface area contributed by atoms with E-state index >= 15 is 0 Å². The van der Waals surface area contributed by atoms with Gasteiger partial charge in [0.1, 0.15) is 5.82 Å². The number of nitrogens with zero attached hydrogens (tertiary/aromatic N) is 2. The molecule has 1 aliphatic carbocycles. The van der Waals surface area contributed by atoms with Crippen LogP contribution in [0.4, 0.5) is 5.82 Å². The molecule has 1 N–H and O–H groups in total. The van der Waals surface area contributed by atoms with Crippen LogP contribution < -0.4 is 5.32 Å². The Balaban J connectivity index is 2.16. The van der Waals surface area contributed by atoms with Crippen molar-refractivity contribution in [1.82, 2.24) is 9.38 Å². The molecular formula is C10H13N3S. The summed E-state index contributed by atoms with van der Waals surface area (Å²) in [6, 6.07) is 0.688. The van der Waals surface area contributed by atoms with Gasteiger partial charge in [-0.15, -0.1) is 11.3 Å². The minimum atomic E-state index is 0.688. The second kappa shape index (κ2) is 2.73. The van der Waals surface area contributed by atoms with Crippen LogP contribution >= 0.6 is 11.3 Å². The number of fused-ring (bicyclic) bond motifs is 1. The Labute approximate surface area is 86.8 Å². The zero-order valence-electron chi connectivity index (χ0n) is 8.37. The number of aryl methyl sites for hydroxylation is 2. The van der Waals surface area contributed by atoms with Crippen LogP contribution in [0.2, 0.25) is 0 Å². The fourth-order valence-corrected chi connectivity index (χ4v) is 2.60. The SMILES string of the molecule is Cc1nc2scc(C)n2c1NC1CC1. The molecule has 2 heterocycles. The van der Waals surface area contributed by atoms with Gasteiger partial charge in [0, 0.05) is 17.1 Å². The summed E-state index contributed by atoms with van der Waals surface area (Å²) in [5.74, 6) is 1.20. The summed E-state index contributed by atoms with van der Waals surface area (Å²) < 4.78 is 2.22. The Hall–Kier alpha value is -1.03. The summed E-state index contributed by atoms with van der Waals surface area (Å²) in [6.45, 7) is 4.20. The summed E-state index contributed by atoms with van der Waals surface area (Å²) in [6.07, 6.45) is 2.60. The second-order valence-electron chi connectivity index (χ2n) is 3.96. The Morgan fingerprint density at radius 2 is 2.29 bits per heavy atom. The summed E-state index contributed by atoms with van der Waals surface area (Å²) in [7, 11) is 0. The van der Waals surface area contributed by atoms with Gasteiger partial charge in [-0.1, -0.05) is 0 Å². The molecule has 0 radical (unpaired) electrons. The van der Waals surface area contributed by atoms with Gasteiger partial charge in [0.15, 0.2) is 4.96 Å². The molecule has 0 spiro atoms. The van der Waals surface area contributed by atoms with E-state index in [9.17, 15) is 0 Å². The molecule has 2 aromatic rings. The van der Waals surface area contributed by atoms with Gasteiger partial charge in [-0.25, -0.2) is 4.98 Å². The first-order valence-electron chi connectivity index (χ1n) is 4.95. The molecule has 0 unspecified atom stereocenters. The molecule has 0 bridgehead atoms. The van der Waals surface area contributed by atoms with Gasteiger partial charge in [-0.05, 0) is 26.7 Å². The van der Waals surface area contributed by atoms with E-state index in [0.717, 1.165) is 10.7 Å². The highest BCUT2D eigenvalue weighted by Crippen LogP contribution is 2.29. The predicted molar refractivity (Wildman–Crippen MR) is 59.2 cm³/mol. The first-order chi connectivity index (χ1) is 6.75. The molecule has 0 aliphatic heterocycles. The Morgan fingerprint density at radius 1 is 1.50 bits per heavy atom. The molecule has 3 nitrogen and oxygen atoms in total. The highest BCUT2D eigenvalue weighted by molar-refractivity contribution is 7.15. The number of aromatic nitrogens is 2. The maximum atomic E-state index is 4.53. The van der Waals surface area contributed by atoms with Gasteiger partial charge >= 0.3 is 0 Å². The Bertz CT molecular complexity index is 479. The van der Waals surface area contributed by atoms with Crippen molar-refractivity contribution in [3.63, 3.8) is 0 Å². The Morgan fingerprint density at radius 3 is 3.00 bits per heavy atom. The number of anilines is 1. The zero-order valence-corrected chi connectivity index (χ0v) is 9.19. The summed E-state index contributed by atoms with van der Waals surface area (Å²) in [4.78, 5) is 5.63. The second-order valence-corrected chi connectivity index (χ2v) is 4.80.